The van der Waals surface area contributed by atoms with E-state index in [4.69, 9.17) is 9.72 Å². The quantitative estimate of drug-likeness (QED) is 0.409. The summed E-state index contributed by atoms with van der Waals surface area (Å²) in [5.41, 5.74) is 3.12. The molecule has 0 spiro atoms. The Hall–Kier alpha value is -3.17. The smallest absolute Gasteiger partial charge is 0.173 e. The molecule has 0 atom stereocenters. The molecule has 6 nitrogen and oxygen atoms in total. The second kappa shape index (κ2) is 8.99. The van der Waals surface area contributed by atoms with E-state index in [2.05, 4.69) is 29.1 Å². The summed E-state index contributed by atoms with van der Waals surface area (Å²) in [6.45, 7) is 1.55. The van der Waals surface area contributed by atoms with Gasteiger partial charge in [-0.1, -0.05) is 0 Å². The zero-order valence-electron chi connectivity index (χ0n) is 18.4. The minimum atomic E-state index is -0.692. The lowest BCUT2D eigenvalue weighted by atomic mass is 10.1. The highest BCUT2D eigenvalue weighted by Crippen LogP contribution is 2.42. The third kappa shape index (κ3) is 4.38. The van der Waals surface area contributed by atoms with E-state index in [-0.39, 0.29) is 5.69 Å². The molecule has 5 rings (SSSR count). The normalized spacial score (nSPS) is 12.9. The lowest BCUT2D eigenvalue weighted by molar-refractivity contribution is 0.325. The fourth-order valence-corrected chi connectivity index (χ4v) is 5.10. The van der Waals surface area contributed by atoms with E-state index in [1.54, 1.807) is 0 Å². The number of hydrogen-bond donors (Lipinski definition) is 0. The molecule has 1 aromatic carbocycles. The van der Waals surface area contributed by atoms with Crippen molar-refractivity contribution in [2.24, 2.45) is 0 Å². The molecule has 4 heterocycles. The number of nitrogens with zero attached hydrogens (tertiary/aromatic N) is 5. The average molecular weight is 468 g/mol. The molecule has 0 amide bonds. The maximum Gasteiger partial charge on any atom is 0.173 e. The number of benzene rings is 1. The summed E-state index contributed by atoms with van der Waals surface area (Å²) < 4.78 is 35.2. The molecule has 1 aliphatic rings. The van der Waals surface area contributed by atoms with Gasteiger partial charge in [-0.05, 0) is 69.4 Å². The van der Waals surface area contributed by atoms with E-state index >= 15 is 0 Å². The monoisotopic (exact) mass is 467 g/mol. The van der Waals surface area contributed by atoms with E-state index in [1.165, 1.54) is 34.5 Å². The van der Waals surface area contributed by atoms with Gasteiger partial charge < -0.3 is 9.64 Å². The van der Waals surface area contributed by atoms with E-state index < -0.39 is 11.6 Å². The molecular weight excluding hydrogens is 444 g/mol. The van der Waals surface area contributed by atoms with Crippen LogP contribution in [0.15, 0.2) is 42.7 Å². The molecule has 3 aromatic heterocycles. The van der Waals surface area contributed by atoms with E-state index in [0.717, 1.165) is 64.3 Å². The standard InChI is InChI=1S/C24H23F2N5OS/c1-30(2)10-3-4-17-6-8-20-22(29-17)23-15(9-11-32-20)12-21(33-23)24-27-14-28-31(24)19-7-5-16(25)13-18(19)26/h5-8,12-14H,3-4,9-11H2,1-2H3. The van der Waals surface area contributed by atoms with Crippen molar-refractivity contribution in [1.29, 1.82) is 0 Å². The van der Waals surface area contributed by atoms with Crippen molar-refractivity contribution < 1.29 is 13.5 Å². The number of hydrogen-bond acceptors (Lipinski definition) is 6. The predicted octanol–water partition coefficient (Wildman–Crippen LogP) is 4.77. The van der Waals surface area contributed by atoms with Gasteiger partial charge in [-0.25, -0.2) is 23.4 Å². The zero-order chi connectivity index (χ0) is 22.9. The molecule has 170 valence electrons. The van der Waals surface area contributed by atoms with Gasteiger partial charge in [-0.15, -0.1) is 11.3 Å². The van der Waals surface area contributed by atoms with Gasteiger partial charge in [0.2, 0.25) is 0 Å². The molecule has 0 fully saturated rings. The molecule has 0 radical (unpaired) electrons. The Morgan fingerprint density at radius 2 is 2.03 bits per heavy atom. The van der Waals surface area contributed by atoms with Crippen LogP contribution in [0.5, 0.6) is 5.75 Å². The van der Waals surface area contributed by atoms with Crippen LogP contribution in [-0.2, 0) is 12.8 Å². The average Bonchev–Trinajstić information content (AvgIpc) is 3.38. The first-order valence-corrected chi connectivity index (χ1v) is 11.6. The highest BCUT2D eigenvalue weighted by atomic mass is 32.1. The van der Waals surface area contributed by atoms with Crippen LogP contribution >= 0.6 is 11.3 Å². The minimum Gasteiger partial charge on any atom is -0.491 e. The molecule has 0 saturated heterocycles. The highest BCUT2D eigenvalue weighted by molar-refractivity contribution is 7.19. The van der Waals surface area contributed by atoms with Crippen LogP contribution in [0.25, 0.3) is 27.0 Å². The van der Waals surface area contributed by atoms with Crippen molar-refractivity contribution in [2.45, 2.75) is 19.3 Å². The summed E-state index contributed by atoms with van der Waals surface area (Å²) in [5, 5.41) is 4.19. The summed E-state index contributed by atoms with van der Waals surface area (Å²) in [6, 6.07) is 9.50. The summed E-state index contributed by atoms with van der Waals surface area (Å²) in [6.07, 6.45) is 4.02. The molecule has 0 unspecified atom stereocenters. The van der Waals surface area contributed by atoms with E-state index in [9.17, 15) is 8.78 Å². The van der Waals surface area contributed by atoms with Gasteiger partial charge in [0, 0.05) is 18.2 Å². The molecule has 33 heavy (non-hydrogen) atoms. The molecule has 0 bridgehead atoms. The maximum atomic E-state index is 14.4. The first-order chi connectivity index (χ1) is 16.0. The number of aryl methyl sites for hydroxylation is 1. The van der Waals surface area contributed by atoms with Crippen molar-refractivity contribution in [3.05, 3.63) is 65.6 Å². The lowest BCUT2D eigenvalue weighted by Crippen LogP contribution is -2.13. The van der Waals surface area contributed by atoms with Crippen molar-refractivity contribution in [2.75, 3.05) is 27.2 Å². The van der Waals surface area contributed by atoms with Crippen molar-refractivity contribution >= 4 is 11.3 Å². The van der Waals surface area contributed by atoms with E-state index in [1.807, 2.05) is 18.2 Å². The van der Waals surface area contributed by atoms with Gasteiger partial charge in [0.25, 0.3) is 0 Å². The fraction of sp³-hybridized carbons (Fsp3) is 0.292. The van der Waals surface area contributed by atoms with Gasteiger partial charge in [0.05, 0.1) is 16.4 Å². The van der Waals surface area contributed by atoms with Crippen LogP contribution < -0.4 is 4.74 Å². The minimum absolute atomic E-state index is 0.150. The number of aromatic nitrogens is 4. The zero-order valence-corrected chi connectivity index (χ0v) is 19.2. The Bertz CT molecular complexity index is 1300. The SMILES string of the molecule is CN(C)CCCc1ccc2c(n1)-c1sc(-c3ncnn3-c3ccc(F)cc3F)cc1CCO2. The van der Waals surface area contributed by atoms with Crippen molar-refractivity contribution in [1.82, 2.24) is 24.6 Å². The maximum absolute atomic E-state index is 14.4. The van der Waals surface area contributed by atoms with Crippen LogP contribution in [0.4, 0.5) is 8.78 Å². The molecule has 4 aromatic rings. The second-order valence-corrected chi connectivity index (χ2v) is 9.26. The topological polar surface area (TPSA) is 56.1 Å². The van der Waals surface area contributed by atoms with Crippen LogP contribution in [-0.4, -0.2) is 51.9 Å². The fourth-order valence-electron chi connectivity index (χ4n) is 3.92. The highest BCUT2D eigenvalue weighted by Gasteiger charge is 2.23. The predicted molar refractivity (Wildman–Crippen MR) is 124 cm³/mol. The Morgan fingerprint density at radius 1 is 1.15 bits per heavy atom. The number of pyridine rings is 1. The third-order valence-corrected chi connectivity index (χ3v) is 6.69. The van der Waals surface area contributed by atoms with Crippen LogP contribution in [0.2, 0.25) is 0 Å². The van der Waals surface area contributed by atoms with Gasteiger partial charge in [-0.2, -0.15) is 5.10 Å². The first-order valence-electron chi connectivity index (χ1n) is 10.8. The van der Waals surface area contributed by atoms with Gasteiger partial charge >= 0.3 is 0 Å². The lowest BCUT2D eigenvalue weighted by Gasteiger charge is -2.11. The summed E-state index contributed by atoms with van der Waals surface area (Å²) in [7, 11) is 4.13. The van der Waals surface area contributed by atoms with Crippen LogP contribution in [0.1, 0.15) is 17.7 Å². The number of thiophene rings is 1. The Morgan fingerprint density at radius 3 is 2.85 bits per heavy atom. The molecule has 0 aliphatic carbocycles. The Kier molecular flexibility index (Phi) is 5.90. The summed E-state index contributed by atoms with van der Waals surface area (Å²) in [5.74, 6) is -0.0554. The van der Waals surface area contributed by atoms with Crippen LogP contribution in [0, 0.1) is 11.6 Å². The Labute approximate surface area is 194 Å². The number of halogens is 2. The van der Waals surface area contributed by atoms with E-state index in [0.29, 0.717) is 12.4 Å². The molecular formula is C24H23F2N5OS. The Balaban J connectivity index is 1.52. The largest absolute Gasteiger partial charge is 0.491 e. The van der Waals surface area contributed by atoms with Crippen molar-refractivity contribution in [3.8, 4) is 32.7 Å². The second-order valence-electron chi connectivity index (χ2n) is 8.21. The number of rotatable bonds is 6. The number of ether oxygens (including phenoxy) is 1. The molecule has 0 N–H and O–H groups in total. The van der Waals surface area contributed by atoms with Gasteiger partial charge in [0.1, 0.15) is 29.3 Å². The summed E-state index contributed by atoms with van der Waals surface area (Å²) >= 11 is 1.53. The van der Waals surface area contributed by atoms with Crippen molar-refractivity contribution in [3.63, 3.8) is 0 Å². The van der Waals surface area contributed by atoms with Gasteiger partial charge in [-0.3, -0.25) is 0 Å². The first kappa shape index (κ1) is 21.7. The summed E-state index contributed by atoms with van der Waals surface area (Å²) in [4.78, 5) is 13.3. The number of fused-ring (bicyclic) bond motifs is 3. The molecule has 1 aliphatic heterocycles. The molecule has 0 saturated carbocycles. The third-order valence-electron chi connectivity index (χ3n) is 5.51. The van der Waals surface area contributed by atoms with Crippen LogP contribution in [0.3, 0.4) is 0 Å². The molecule has 9 heteroatoms. The van der Waals surface area contributed by atoms with Gasteiger partial charge in [0.15, 0.2) is 11.6 Å².